The standard InChI is InChI=1S/C12H23NS/c13-8-7-12(5-1-2-6-12)11-3-9-14-10-4-11/h11H,1-10,13H2. The smallest absolute Gasteiger partial charge is 0.00647 e. The van der Waals surface area contributed by atoms with Crippen LogP contribution < -0.4 is 5.73 Å². The molecular weight excluding hydrogens is 190 g/mol. The summed E-state index contributed by atoms with van der Waals surface area (Å²) in [6.45, 7) is 0.906. The van der Waals surface area contributed by atoms with E-state index in [9.17, 15) is 0 Å². The van der Waals surface area contributed by atoms with E-state index in [0.717, 1.165) is 12.5 Å². The van der Waals surface area contributed by atoms with Crippen molar-refractivity contribution in [1.82, 2.24) is 0 Å². The molecule has 0 aromatic rings. The molecule has 0 aromatic carbocycles. The average Bonchev–Trinajstić information content (AvgIpc) is 2.70. The van der Waals surface area contributed by atoms with Crippen molar-refractivity contribution in [3.8, 4) is 0 Å². The Balaban J connectivity index is 2.00. The van der Waals surface area contributed by atoms with E-state index < -0.39 is 0 Å². The van der Waals surface area contributed by atoms with E-state index in [4.69, 9.17) is 5.73 Å². The first kappa shape index (κ1) is 10.8. The highest BCUT2D eigenvalue weighted by Gasteiger charge is 2.40. The normalized spacial score (nSPS) is 28.1. The molecule has 0 amide bonds. The minimum Gasteiger partial charge on any atom is -0.330 e. The van der Waals surface area contributed by atoms with Crippen LogP contribution >= 0.6 is 11.8 Å². The van der Waals surface area contributed by atoms with Gasteiger partial charge in [-0.05, 0) is 61.5 Å². The van der Waals surface area contributed by atoms with Gasteiger partial charge >= 0.3 is 0 Å². The van der Waals surface area contributed by atoms with Gasteiger partial charge in [0, 0.05) is 0 Å². The lowest BCUT2D eigenvalue weighted by molar-refractivity contribution is 0.143. The maximum Gasteiger partial charge on any atom is -0.00647 e. The maximum absolute atomic E-state index is 5.79. The van der Waals surface area contributed by atoms with Crippen LogP contribution in [-0.2, 0) is 0 Å². The molecule has 1 saturated heterocycles. The molecule has 0 bridgehead atoms. The molecule has 14 heavy (non-hydrogen) atoms. The topological polar surface area (TPSA) is 26.0 Å². The Morgan fingerprint density at radius 1 is 1.14 bits per heavy atom. The van der Waals surface area contributed by atoms with Gasteiger partial charge in [0.2, 0.25) is 0 Å². The second-order valence-corrected chi connectivity index (χ2v) is 6.22. The Labute approximate surface area is 92.2 Å². The molecule has 1 aliphatic carbocycles. The quantitative estimate of drug-likeness (QED) is 0.780. The van der Waals surface area contributed by atoms with Crippen LogP contribution in [0.3, 0.4) is 0 Å². The van der Waals surface area contributed by atoms with Crippen LogP contribution in [0.15, 0.2) is 0 Å². The summed E-state index contributed by atoms with van der Waals surface area (Å²) in [5.74, 6) is 3.81. The van der Waals surface area contributed by atoms with Crippen LogP contribution in [0.1, 0.15) is 44.9 Å². The van der Waals surface area contributed by atoms with E-state index in [1.165, 1.54) is 56.5 Å². The highest BCUT2D eigenvalue weighted by atomic mass is 32.2. The predicted molar refractivity (Wildman–Crippen MR) is 64.6 cm³/mol. The molecule has 2 aliphatic rings. The third-order valence-corrected chi connectivity index (χ3v) is 5.38. The van der Waals surface area contributed by atoms with Gasteiger partial charge in [-0.25, -0.2) is 0 Å². The van der Waals surface area contributed by atoms with E-state index in [-0.39, 0.29) is 0 Å². The SMILES string of the molecule is NCCC1(C2CCSCC2)CCCC1. The lowest BCUT2D eigenvalue weighted by Gasteiger charge is -2.39. The van der Waals surface area contributed by atoms with Crippen LogP contribution in [0, 0.1) is 11.3 Å². The fourth-order valence-electron chi connectivity index (χ4n) is 3.54. The summed E-state index contributed by atoms with van der Waals surface area (Å²) in [6.07, 6.45) is 10.1. The second-order valence-electron chi connectivity index (χ2n) is 4.99. The van der Waals surface area contributed by atoms with Crippen molar-refractivity contribution >= 4 is 11.8 Å². The molecule has 0 aromatic heterocycles. The molecule has 1 nitrogen and oxygen atoms in total. The van der Waals surface area contributed by atoms with E-state index in [1.807, 2.05) is 0 Å². The molecule has 0 atom stereocenters. The molecule has 2 rings (SSSR count). The molecule has 2 fully saturated rings. The lowest BCUT2D eigenvalue weighted by atomic mass is 9.69. The third-order valence-electron chi connectivity index (χ3n) is 4.33. The maximum atomic E-state index is 5.79. The highest BCUT2D eigenvalue weighted by Crippen LogP contribution is 2.51. The summed E-state index contributed by atoms with van der Waals surface area (Å²) >= 11 is 2.14. The first-order valence-electron chi connectivity index (χ1n) is 6.15. The zero-order valence-corrected chi connectivity index (χ0v) is 9.95. The van der Waals surface area contributed by atoms with Gasteiger partial charge in [0.25, 0.3) is 0 Å². The fraction of sp³-hybridized carbons (Fsp3) is 1.00. The number of hydrogen-bond acceptors (Lipinski definition) is 2. The molecular formula is C12H23NS. The Morgan fingerprint density at radius 3 is 2.36 bits per heavy atom. The van der Waals surface area contributed by atoms with Gasteiger partial charge in [0.15, 0.2) is 0 Å². The minimum atomic E-state index is 0.676. The summed E-state index contributed by atoms with van der Waals surface area (Å²) < 4.78 is 0. The summed E-state index contributed by atoms with van der Waals surface area (Å²) in [7, 11) is 0. The first-order valence-corrected chi connectivity index (χ1v) is 7.31. The van der Waals surface area contributed by atoms with Gasteiger partial charge < -0.3 is 5.73 Å². The summed E-state index contributed by atoms with van der Waals surface area (Å²) in [5.41, 5.74) is 6.47. The highest BCUT2D eigenvalue weighted by molar-refractivity contribution is 7.99. The van der Waals surface area contributed by atoms with Crippen molar-refractivity contribution in [2.24, 2.45) is 17.1 Å². The zero-order valence-electron chi connectivity index (χ0n) is 9.13. The van der Waals surface area contributed by atoms with Gasteiger partial charge in [0.05, 0.1) is 0 Å². The number of nitrogens with two attached hydrogens (primary N) is 1. The van der Waals surface area contributed by atoms with Gasteiger partial charge in [0.1, 0.15) is 0 Å². The lowest BCUT2D eigenvalue weighted by Crippen LogP contribution is -2.32. The van der Waals surface area contributed by atoms with Crippen molar-refractivity contribution in [3.05, 3.63) is 0 Å². The van der Waals surface area contributed by atoms with Crippen molar-refractivity contribution in [3.63, 3.8) is 0 Å². The second kappa shape index (κ2) is 4.89. The third kappa shape index (κ3) is 2.11. The first-order chi connectivity index (χ1) is 6.87. The van der Waals surface area contributed by atoms with Crippen LogP contribution in [0.5, 0.6) is 0 Å². The van der Waals surface area contributed by atoms with E-state index >= 15 is 0 Å². The molecule has 1 aliphatic heterocycles. The van der Waals surface area contributed by atoms with Gasteiger partial charge in [-0.2, -0.15) is 11.8 Å². The summed E-state index contributed by atoms with van der Waals surface area (Å²) in [4.78, 5) is 0. The van der Waals surface area contributed by atoms with Gasteiger partial charge in [-0.3, -0.25) is 0 Å². The fourth-order valence-corrected chi connectivity index (χ4v) is 4.65. The summed E-state index contributed by atoms with van der Waals surface area (Å²) in [6, 6.07) is 0. The molecule has 1 saturated carbocycles. The van der Waals surface area contributed by atoms with Crippen LogP contribution in [-0.4, -0.2) is 18.1 Å². The summed E-state index contributed by atoms with van der Waals surface area (Å²) in [5, 5.41) is 0. The molecule has 0 radical (unpaired) electrons. The van der Waals surface area contributed by atoms with E-state index in [1.54, 1.807) is 0 Å². The molecule has 82 valence electrons. The Hall–Kier alpha value is 0.310. The monoisotopic (exact) mass is 213 g/mol. The molecule has 0 spiro atoms. The van der Waals surface area contributed by atoms with Crippen LogP contribution in [0.4, 0.5) is 0 Å². The minimum absolute atomic E-state index is 0.676. The number of thioether (sulfide) groups is 1. The van der Waals surface area contributed by atoms with Crippen molar-refractivity contribution < 1.29 is 0 Å². The van der Waals surface area contributed by atoms with Crippen molar-refractivity contribution in [1.29, 1.82) is 0 Å². The Kier molecular flexibility index (Phi) is 3.78. The number of rotatable bonds is 3. The van der Waals surface area contributed by atoms with Crippen LogP contribution in [0.2, 0.25) is 0 Å². The largest absolute Gasteiger partial charge is 0.330 e. The molecule has 0 unspecified atom stereocenters. The van der Waals surface area contributed by atoms with Crippen molar-refractivity contribution in [2.45, 2.75) is 44.9 Å². The zero-order chi connectivity index (χ0) is 9.86. The van der Waals surface area contributed by atoms with Gasteiger partial charge in [-0.1, -0.05) is 12.8 Å². The number of hydrogen-bond donors (Lipinski definition) is 1. The Morgan fingerprint density at radius 2 is 1.79 bits per heavy atom. The Bertz CT molecular complexity index is 169. The molecule has 2 N–H and O–H groups in total. The van der Waals surface area contributed by atoms with Gasteiger partial charge in [-0.15, -0.1) is 0 Å². The molecule has 2 heteroatoms. The van der Waals surface area contributed by atoms with Crippen LogP contribution in [0.25, 0.3) is 0 Å². The van der Waals surface area contributed by atoms with E-state index in [2.05, 4.69) is 11.8 Å². The molecule has 1 heterocycles. The van der Waals surface area contributed by atoms with E-state index in [0.29, 0.717) is 5.41 Å². The predicted octanol–water partition coefficient (Wildman–Crippen LogP) is 3.04. The average molecular weight is 213 g/mol. The van der Waals surface area contributed by atoms with Crippen molar-refractivity contribution in [2.75, 3.05) is 18.1 Å².